The highest BCUT2D eigenvalue weighted by molar-refractivity contribution is 14.1. The van der Waals surface area contributed by atoms with Crippen LogP contribution >= 0.6 is 22.6 Å². The number of H-pyrrole nitrogens is 1. The number of nitrogens with one attached hydrogen (secondary N) is 4. The van der Waals surface area contributed by atoms with Gasteiger partial charge in [-0.1, -0.05) is 6.07 Å². The Hall–Kier alpha value is -2.89. The van der Waals surface area contributed by atoms with Gasteiger partial charge in [-0.05, 0) is 91.8 Å². The summed E-state index contributed by atoms with van der Waals surface area (Å²) in [6, 6.07) is 6.41. The van der Waals surface area contributed by atoms with Crippen LogP contribution in [0, 0.1) is 24.3 Å². The molecular formula is C24H31IN8O. The maximum atomic E-state index is 12.1. The quantitative estimate of drug-likeness (QED) is 0.304. The molecule has 0 aliphatic carbocycles. The summed E-state index contributed by atoms with van der Waals surface area (Å²) in [4.78, 5) is 23.2. The summed E-state index contributed by atoms with van der Waals surface area (Å²) in [5.41, 5.74) is 5.71. The smallest absolute Gasteiger partial charge is 0.317 e. The Morgan fingerprint density at radius 1 is 1.15 bits per heavy atom. The van der Waals surface area contributed by atoms with Gasteiger partial charge < -0.3 is 20.9 Å². The maximum Gasteiger partial charge on any atom is 0.317 e. The van der Waals surface area contributed by atoms with E-state index in [0.29, 0.717) is 24.2 Å². The molecule has 10 heteroatoms. The molecule has 1 aliphatic heterocycles. The molecule has 1 fully saturated rings. The standard InChI is InChI=1S/C24H31IN8O/c1-5-26-24(34)33-8-6-17(7-9-33)18-10-15(3)20(11-14(18)2)28-23-27-13-19(25)22(30-23)29-21-12-16(4)31-32-21/h10-13,17H,5-9H2,1-4H3,(H,26,34)(H3,27,28,29,30,31,32). The molecule has 2 aromatic heterocycles. The van der Waals surface area contributed by atoms with Crippen molar-refractivity contribution >= 4 is 51.9 Å². The van der Waals surface area contributed by atoms with Gasteiger partial charge in [-0.25, -0.2) is 9.78 Å². The molecule has 2 amide bonds. The van der Waals surface area contributed by atoms with Crippen molar-refractivity contribution in [2.75, 3.05) is 30.3 Å². The van der Waals surface area contributed by atoms with E-state index in [1.54, 1.807) is 6.20 Å². The average Bonchev–Trinajstić information content (AvgIpc) is 3.23. The van der Waals surface area contributed by atoms with E-state index in [4.69, 9.17) is 0 Å². The Morgan fingerprint density at radius 2 is 1.91 bits per heavy atom. The molecule has 3 aromatic rings. The fraction of sp³-hybridized carbons (Fsp3) is 0.417. The van der Waals surface area contributed by atoms with E-state index in [1.807, 2.05) is 24.8 Å². The molecule has 0 atom stereocenters. The normalized spacial score (nSPS) is 14.2. The zero-order chi connectivity index (χ0) is 24.2. The van der Waals surface area contributed by atoms with Crippen molar-refractivity contribution in [2.45, 2.75) is 46.5 Å². The molecule has 1 aromatic carbocycles. The van der Waals surface area contributed by atoms with Gasteiger partial charge in [0, 0.05) is 43.3 Å². The summed E-state index contributed by atoms with van der Waals surface area (Å²) in [6.45, 7) is 10.4. The molecule has 180 valence electrons. The molecule has 3 heterocycles. The second-order valence-corrected chi connectivity index (χ2v) is 9.86. The molecule has 0 saturated carbocycles. The van der Waals surface area contributed by atoms with Crippen LogP contribution in [0.3, 0.4) is 0 Å². The first kappa shape index (κ1) is 24.2. The number of piperidine rings is 1. The van der Waals surface area contributed by atoms with E-state index in [9.17, 15) is 4.79 Å². The number of nitrogens with zero attached hydrogens (tertiary/aromatic N) is 4. The minimum atomic E-state index is 0.0437. The second kappa shape index (κ2) is 10.6. The van der Waals surface area contributed by atoms with Crippen LogP contribution in [0.1, 0.15) is 48.1 Å². The highest BCUT2D eigenvalue weighted by Gasteiger charge is 2.25. The lowest BCUT2D eigenvalue weighted by Crippen LogP contribution is -2.44. The van der Waals surface area contributed by atoms with Crippen LogP contribution in [-0.2, 0) is 0 Å². The molecule has 0 radical (unpaired) electrons. The number of carbonyl (C=O) groups excluding carboxylic acids is 1. The molecule has 9 nitrogen and oxygen atoms in total. The fourth-order valence-corrected chi connectivity index (χ4v) is 4.70. The lowest BCUT2D eigenvalue weighted by Gasteiger charge is -2.33. The highest BCUT2D eigenvalue weighted by atomic mass is 127. The van der Waals surface area contributed by atoms with E-state index in [0.717, 1.165) is 52.3 Å². The number of anilines is 4. The van der Waals surface area contributed by atoms with Crippen LogP contribution in [-0.4, -0.2) is 50.7 Å². The number of urea groups is 1. The maximum absolute atomic E-state index is 12.1. The molecule has 1 aliphatic rings. The van der Waals surface area contributed by atoms with Crippen molar-refractivity contribution in [1.29, 1.82) is 0 Å². The number of aryl methyl sites for hydroxylation is 3. The van der Waals surface area contributed by atoms with E-state index in [2.05, 4.69) is 84.7 Å². The molecule has 1 saturated heterocycles. The van der Waals surface area contributed by atoms with Gasteiger partial charge in [-0.15, -0.1) is 0 Å². The first-order chi connectivity index (χ1) is 16.3. The topological polar surface area (TPSA) is 111 Å². The Kier molecular flexibility index (Phi) is 7.54. The predicted octanol–water partition coefficient (Wildman–Crippen LogP) is 5.13. The minimum Gasteiger partial charge on any atom is -0.338 e. The van der Waals surface area contributed by atoms with E-state index >= 15 is 0 Å². The summed E-state index contributed by atoms with van der Waals surface area (Å²) in [6.07, 6.45) is 3.75. The molecule has 0 bridgehead atoms. The second-order valence-electron chi connectivity index (χ2n) is 8.70. The summed E-state index contributed by atoms with van der Waals surface area (Å²) < 4.78 is 0.908. The molecule has 0 spiro atoms. The van der Waals surface area contributed by atoms with Crippen LogP contribution in [0.2, 0.25) is 0 Å². The first-order valence-corrected chi connectivity index (χ1v) is 12.6. The number of amides is 2. The zero-order valence-electron chi connectivity index (χ0n) is 20.0. The molecule has 4 rings (SSSR count). The Labute approximate surface area is 213 Å². The summed E-state index contributed by atoms with van der Waals surface area (Å²) in [7, 11) is 0. The number of aromatic nitrogens is 4. The van der Waals surface area contributed by atoms with E-state index < -0.39 is 0 Å². The van der Waals surface area contributed by atoms with Gasteiger partial charge >= 0.3 is 6.03 Å². The monoisotopic (exact) mass is 574 g/mol. The van der Waals surface area contributed by atoms with Crippen LogP contribution in [0.25, 0.3) is 0 Å². The third-order valence-corrected chi connectivity index (χ3v) is 6.90. The van der Waals surface area contributed by atoms with Crippen molar-refractivity contribution in [3.05, 3.63) is 50.4 Å². The number of rotatable bonds is 6. The summed E-state index contributed by atoms with van der Waals surface area (Å²) in [5, 5.41) is 16.7. The van der Waals surface area contributed by atoms with Gasteiger partial charge in [0.1, 0.15) is 0 Å². The van der Waals surface area contributed by atoms with Crippen molar-refractivity contribution in [3.63, 3.8) is 0 Å². The Morgan fingerprint density at radius 3 is 2.59 bits per heavy atom. The number of halogens is 1. The lowest BCUT2D eigenvalue weighted by molar-refractivity contribution is 0.182. The fourth-order valence-electron chi connectivity index (χ4n) is 4.31. The van der Waals surface area contributed by atoms with Gasteiger partial charge in [0.2, 0.25) is 5.95 Å². The van der Waals surface area contributed by atoms with Crippen molar-refractivity contribution in [1.82, 2.24) is 30.4 Å². The van der Waals surface area contributed by atoms with Crippen molar-refractivity contribution in [2.24, 2.45) is 0 Å². The van der Waals surface area contributed by atoms with Gasteiger partial charge in [0.05, 0.1) is 3.57 Å². The third kappa shape index (κ3) is 5.60. The number of likely N-dealkylation sites (tertiary alicyclic amines) is 1. The van der Waals surface area contributed by atoms with Crippen LogP contribution in [0.15, 0.2) is 24.4 Å². The molecule has 34 heavy (non-hydrogen) atoms. The molecular weight excluding hydrogens is 543 g/mol. The first-order valence-electron chi connectivity index (χ1n) is 11.6. The van der Waals surface area contributed by atoms with Gasteiger partial charge in [-0.3, -0.25) is 5.10 Å². The van der Waals surface area contributed by atoms with Crippen LogP contribution in [0.5, 0.6) is 0 Å². The SMILES string of the molecule is CCNC(=O)N1CCC(c2cc(C)c(Nc3ncc(I)c(Nc4cc(C)[nH]n4)n3)cc2C)CC1. The van der Waals surface area contributed by atoms with Gasteiger partial charge in [0.25, 0.3) is 0 Å². The minimum absolute atomic E-state index is 0.0437. The largest absolute Gasteiger partial charge is 0.338 e. The number of aromatic amines is 1. The average molecular weight is 574 g/mol. The van der Waals surface area contributed by atoms with Crippen molar-refractivity contribution in [3.8, 4) is 0 Å². The number of benzene rings is 1. The highest BCUT2D eigenvalue weighted by Crippen LogP contribution is 2.34. The van der Waals surface area contributed by atoms with Crippen LogP contribution < -0.4 is 16.0 Å². The summed E-state index contributed by atoms with van der Waals surface area (Å²) >= 11 is 2.21. The van der Waals surface area contributed by atoms with Gasteiger partial charge in [-0.2, -0.15) is 10.1 Å². The number of carbonyl (C=O) groups is 1. The number of hydrogen-bond acceptors (Lipinski definition) is 6. The molecule has 0 unspecified atom stereocenters. The van der Waals surface area contributed by atoms with Gasteiger partial charge in [0.15, 0.2) is 11.6 Å². The predicted molar refractivity (Wildman–Crippen MR) is 143 cm³/mol. The van der Waals surface area contributed by atoms with Crippen molar-refractivity contribution < 1.29 is 4.79 Å². The zero-order valence-corrected chi connectivity index (χ0v) is 22.2. The lowest BCUT2D eigenvalue weighted by atomic mass is 9.85. The Balaban J connectivity index is 1.46. The van der Waals surface area contributed by atoms with E-state index in [-0.39, 0.29) is 6.03 Å². The summed E-state index contributed by atoms with van der Waals surface area (Å²) in [5.74, 6) is 2.41. The van der Waals surface area contributed by atoms with Crippen LogP contribution in [0.4, 0.5) is 28.1 Å². The van der Waals surface area contributed by atoms with E-state index in [1.165, 1.54) is 11.1 Å². The third-order valence-electron chi connectivity index (χ3n) is 6.11. The Bertz CT molecular complexity index is 1170. The molecule has 4 N–H and O–H groups in total. The number of hydrogen-bond donors (Lipinski definition) is 4.